The molecule has 0 aromatic carbocycles. The fourth-order valence-corrected chi connectivity index (χ4v) is 1.45. The van der Waals surface area contributed by atoms with Gasteiger partial charge in [0.2, 0.25) is 5.89 Å². The number of anilines is 1. The molecule has 15 heavy (non-hydrogen) atoms. The highest BCUT2D eigenvalue weighted by Gasteiger charge is 2.16. The van der Waals surface area contributed by atoms with Crippen molar-refractivity contribution in [3.05, 3.63) is 5.89 Å². The standard InChI is InChI=1S/C10H20N4O/c1-4-7-8(11)9-12-10(13-15-9)14(5-2)6-3/h8H,4-7,11H2,1-3H3/t8-/m1/s1. The summed E-state index contributed by atoms with van der Waals surface area (Å²) in [6.07, 6.45) is 1.89. The fourth-order valence-electron chi connectivity index (χ4n) is 1.45. The summed E-state index contributed by atoms with van der Waals surface area (Å²) in [6, 6.07) is -0.133. The van der Waals surface area contributed by atoms with Crippen molar-refractivity contribution >= 4 is 5.95 Å². The average molecular weight is 212 g/mol. The van der Waals surface area contributed by atoms with Gasteiger partial charge in [-0.25, -0.2) is 0 Å². The Morgan fingerprint density at radius 1 is 1.33 bits per heavy atom. The van der Waals surface area contributed by atoms with Gasteiger partial charge in [0, 0.05) is 13.1 Å². The molecule has 1 rings (SSSR count). The third kappa shape index (κ3) is 2.92. The number of rotatable bonds is 6. The zero-order chi connectivity index (χ0) is 11.3. The summed E-state index contributed by atoms with van der Waals surface area (Å²) in [7, 11) is 0. The summed E-state index contributed by atoms with van der Waals surface area (Å²) in [6.45, 7) is 7.95. The van der Waals surface area contributed by atoms with Crippen LogP contribution < -0.4 is 10.6 Å². The summed E-state index contributed by atoms with van der Waals surface area (Å²) >= 11 is 0. The van der Waals surface area contributed by atoms with Crippen molar-refractivity contribution < 1.29 is 4.52 Å². The van der Waals surface area contributed by atoms with Crippen LogP contribution in [-0.4, -0.2) is 23.2 Å². The molecule has 0 amide bonds. The van der Waals surface area contributed by atoms with Crippen molar-refractivity contribution in [1.29, 1.82) is 0 Å². The number of nitrogens with two attached hydrogens (primary N) is 1. The molecule has 1 aromatic heterocycles. The number of hydrogen-bond donors (Lipinski definition) is 1. The molecule has 0 aliphatic carbocycles. The maximum Gasteiger partial charge on any atom is 0.266 e. The van der Waals surface area contributed by atoms with E-state index in [-0.39, 0.29) is 6.04 Å². The molecule has 0 saturated carbocycles. The third-order valence-corrected chi connectivity index (χ3v) is 2.39. The second-order valence-electron chi connectivity index (χ2n) is 3.50. The van der Waals surface area contributed by atoms with E-state index >= 15 is 0 Å². The molecule has 0 bridgehead atoms. The Kier molecular flexibility index (Phi) is 4.55. The van der Waals surface area contributed by atoms with Gasteiger partial charge in [0.25, 0.3) is 5.95 Å². The summed E-state index contributed by atoms with van der Waals surface area (Å²) < 4.78 is 5.14. The van der Waals surface area contributed by atoms with E-state index in [4.69, 9.17) is 10.3 Å². The zero-order valence-electron chi connectivity index (χ0n) is 9.73. The highest BCUT2D eigenvalue weighted by atomic mass is 16.5. The molecule has 5 nitrogen and oxygen atoms in total. The van der Waals surface area contributed by atoms with Gasteiger partial charge in [-0.05, 0) is 25.4 Å². The van der Waals surface area contributed by atoms with Gasteiger partial charge in [-0.15, -0.1) is 0 Å². The molecule has 1 heterocycles. The lowest BCUT2D eigenvalue weighted by atomic mass is 10.2. The Hall–Kier alpha value is -1.10. The van der Waals surface area contributed by atoms with Crippen LogP contribution in [0.2, 0.25) is 0 Å². The monoisotopic (exact) mass is 212 g/mol. The highest BCUT2D eigenvalue weighted by Crippen LogP contribution is 2.16. The lowest BCUT2D eigenvalue weighted by molar-refractivity contribution is 0.347. The van der Waals surface area contributed by atoms with Gasteiger partial charge in [0.05, 0.1) is 6.04 Å². The van der Waals surface area contributed by atoms with Crippen LogP contribution in [0.3, 0.4) is 0 Å². The Morgan fingerprint density at radius 2 is 2.00 bits per heavy atom. The Morgan fingerprint density at radius 3 is 2.53 bits per heavy atom. The first kappa shape index (κ1) is 12.0. The van der Waals surface area contributed by atoms with Crippen LogP contribution in [0, 0.1) is 0 Å². The molecule has 0 aliphatic rings. The highest BCUT2D eigenvalue weighted by molar-refractivity contribution is 5.26. The lowest BCUT2D eigenvalue weighted by Crippen LogP contribution is -2.23. The van der Waals surface area contributed by atoms with Gasteiger partial charge >= 0.3 is 0 Å². The molecule has 0 saturated heterocycles. The lowest BCUT2D eigenvalue weighted by Gasteiger charge is -2.14. The van der Waals surface area contributed by atoms with Crippen LogP contribution in [0.5, 0.6) is 0 Å². The molecule has 1 atom stereocenters. The molecule has 0 fully saturated rings. The fraction of sp³-hybridized carbons (Fsp3) is 0.800. The van der Waals surface area contributed by atoms with Gasteiger partial charge in [0.15, 0.2) is 0 Å². The van der Waals surface area contributed by atoms with E-state index in [2.05, 4.69) is 30.9 Å². The molecule has 0 unspecified atom stereocenters. The predicted molar refractivity (Wildman–Crippen MR) is 59.7 cm³/mol. The van der Waals surface area contributed by atoms with E-state index in [1.807, 2.05) is 4.90 Å². The smallest absolute Gasteiger partial charge is 0.266 e. The van der Waals surface area contributed by atoms with E-state index in [1.165, 1.54) is 0 Å². The van der Waals surface area contributed by atoms with Crippen molar-refractivity contribution in [2.24, 2.45) is 5.73 Å². The second-order valence-corrected chi connectivity index (χ2v) is 3.50. The van der Waals surface area contributed by atoms with Crippen molar-refractivity contribution in [3.8, 4) is 0 Å². The summed E-state index contributed by atoms with van der Waals surface area (Å²) in [5.74, 6) is 1.18. The Balaban J connectivity index is 2.70. The molecular formula is C10H20N4O. The number of hydrogen-bond acceptors (Lipinski definition) is 5. The van der Waals surface area contributed by atoms with Crippen molar-refractivity contribution in [1.82, 2.24) is 10.1 Å². The van der Waals surface area contributed by atoms with Crippen molar-refractivity contribution in [2.45, 2.75) is 39.7 Å². The number of aromatic nitrogens is 2. The number of nitrogens with zero attached hydrogens (tertiary/aromatic N) is 3. The first-order valence-corrected chi connectivity index (χ1v) is 5.57. The Labute approximate surface area is 90.6 Å². The van der Waals surface area contributed by atoms with Crippen LogP contribution in [0.4, 0.5) is 5.95 Å². The third-order valence-electron chi connectivity index (χ3n) is 2.39. The predicted octanol–water partition coefficient (Wildman–Crippen LogP) is 1.72. The van der Waals surface area contributed by atoms with Gasteiger partial charge in [-0.2, -0.15) is 4.98 Å². The van der Waals surface area contributed by atoms with E-state index in [0.717, 1.165) is 25.9 Å². The molecule has 0 aliphatic heterocycles. The maximum atomic E-state index is 5.89. The largest absolute Gasteiger partial charge is 0.339 e. The minimum Gasteiger partial charge on any atom is -0.339 e. The van der Waals surface area contributed by atoms with E-state index < -0.39 is 0 Å². The Bertz CT molecular complexity index is 283. The molecular weight excluding hydrogens is 192 g/mol. The van der Waals surface area contributed by atoms with Gasteiger partial charge in [-0.1, -0.05) is 13.3 Å². The summed E-state index contributed by atoms with van der Waals surface area (Å²) in [5.41, 5.74) is 5.89. The SMILES string of the molecule is CCC[C@@H](N)c1nc(N(CC)CC)no1. The van der Waals surface area contributed by atoms with Gasteiger partial charge < -0.3 is 15.2 Å². The van der Waals surface area contributed by atoms with Crippen LogP contribution in [0.25, 0.3) is 0 Å². The topological polar surface area (TPSA) is 68.2 Å². The first-order chi connectivity index (χ1) is 7.22. The van der Waals surface area contributed by atoms with Gasteiger partial charge in [0.1, 0.15) is 0 Å². The second kappa shape index (κ2) is 5.70. The quantitative estimate of drug-likeness (QED) is 0.777. The molecule has 5 heteroatoms. The van der Waals surface area contributed by atoms with Crippen LogP contribution in [0.1, 0.15) is 45.5 Å². The maximum absolute atomic E-state index is 5.89. The molecule has 0 radical (unpaired) electrons. The van der Waals surface area contributed by atoms with Crippen LogP contribution in [-0.2, 0) is 0 Å². The first-order valence-electron chi connectivity index (χ1n) is 5.57. The zero-order valence-corrected chi connectivity index (χ0v) is 9.73. The molecule has 2 N–H and O–H groups in total. The molecule has 1 aromatic rings. The van der Waals surface area contributed by atoms with Crippen LogP contribution >= 0.6 is 0 Å². The van der Waals surface area contributed by atoms with Crippen molar-refractivity contribution in [3.63, 3.8) is 0 Å². The summed E-state index contributed by atoms with van der Waals surface area (Å²) in [5, 5.41) is 3.92. The van der Waals surface area contributed by atoms with Crippen molar-refractivity contribution in [2.75, 3.05) is 18.0 Å². The minimum atomic E-state index is -0.133. The van der Waals surface area contributed by atoms with E-state index in [1.54, 1.807) is 0 Å². The van der Waals surface area contributed by atoms with E-state index in [9.17, 15) is 0 Å². The minimum absolute atomic E-state index is 0.133. The molecule has 0 spiro atoms. The molecule has 86 valence electrons. The summed E-state index contributed by atoms with van der Waals surface area (Å²) in [4.78, 5) is 6.33. The van der Waals surface area contributed by atoms with E-state index in [0.29, 0.717) is 11.8 Å². The normalized spacial score (nSPS) is 12.8. The average Bonchev–Trinajstić information content (AvgIpc) is 2.69. The van der Waals surface area contributed by atoms with Crippen LogP contribution in [0.15, 0.2) is 4.52 Å². The van der Waals surface area contributed by atoms with Gasteiger partial charge in [-0.3, -0.25) is 0 Å².